The maximum Gasteiger partial charge on any atom is 0.258 e. The van der Waals surface area contributed by atoms with Gasteiger partial charge in [0, 0.05) is 46.6 Å². The molecule has 38 heavy (non-hydrogen) atoms. The predicted octanol–water partition coefficient (Wildman–Crippen LogP) is 6.82. The number of benzene rings is 3. The van der Waals surface area contributed by atoms with E-state index in [1.165, 1.54) is 24.3 Å². The van der Waals surface area contributed by atoms with Gasteiger partial charge in [-0.2, -0.15) is 0 Å². The maximum absolute atomic E-state index is 13.6. The summed E-state index contributed by atoms with van der Waals surface area (Å²) in [5, 5.41) is 0.580. The van der Waals surface area contributed by atoms with Crippen LogP contribution in [0.3, 0.4) is 0 Å². The summed E-state index contributed by atoms with van der Waals surface area (Å²) in [6.07, 6.45) is 0.808. The van der Waals surface area contributed by atoms with Crippen LogP contribution in [0.2, 0.25) is 5.02 Å². The fourth-order valence-corrected chi connectivity index (χ4v) is 4.95. The van der Waals surface area contributed by atoms with E-state index in [-0.39, 0.29) is 23.9 Å². The van der Waals surface area contributed by atoms with Gasteiger partial charge in [0.25, 0.3) is 5.91 Å². The standard InChI is InChI=1S/C30H32ClFN2O4/c1-4-29(35)34(24-12-8-22(31)9-13-24)28-18-20(3)33(30(36)21-6-10-23(32)11-7-21)27-15-14-25(19-26(27)28)38-17-16-37-5-2/h6-15,19-20,28H,4-5,16-18H2,1-3H3. The van der Waals surface area contributed by atoms with Crippen LogP contribution >= 0.6 is 11.6 Å². The van der Waals surface area contributed by atoms with Gasteiger partial charge in [-0.05, 0) is 87.0 Å². The van der Waals surface area contributed by atoms with Gasteiger partial charge in [-0.3, -0.25) is 9.59 Å². The molecule has 0 aromatic heterocycles. The number of carbonyl (C=O) groups is 2. The van der Waals surface area contributed by atoms with E-state index in [0.29, 0.717) is 54.7 Å². The van der Waals surface area contributed by atoms with Crippen molar-refractivity contribution in [2.75, 3.05) is 29.6 Å². The van der Waals surface area contributed by atoms with Gasteiger partial charge in [0.05, 0.1) is 12.6 Å². The van der Waals surface area contributed by atoms with Crippen LogP contribution in [0.25, 0.3) is 0 Å². The van der Waals surface area contributed by atoms with Crippen LogP contribution in [0.4, 0.5) is 15.8 Å². The third kappa shape index (κ3) is 6.00. The topological polar surface area (TPSA) is 59.1 Å². The summed E-state index contributed by atoms with van der Waals surface area (Å²) in [5.41, 5.74) is 2.59. The van der Waals surface area contributed by atoms with Crippen molar-refractivity contribution in [2.24, 2.45) is 0 Å². The largest absolute Gasteiger partial charge is 0.491 e. The number of ether oxygens (including phenoxy) is 2. The number of fused-ring (bicyclic) bond motifs is 1. The summed E-state index contributed by atoms with van der Waals surface area (Å²) in [6.45, 7) is 7.14. The van der Waals surface area contributed by atoms with Crippen molar-refractivity contribution in [1.29, 1.82) is 0 Å². The van der Waals surface area contributed by atoms with E-state index in [4.69, 9.17) is 21.1 Å². The van der Waals surface area contributed by atoms with E-state index in [0.717, 1.165) is 11.3 Å². The van der Waals surface area contributed by atoms with Gasteiger partial charge < -0.3 is 19.3 Å². The molecule has 2 amide bonds. The summed E-state index contributed by atoms with van der Waals surface area (Å²) >= 11 is 6.14. The Kier molecular flexibility index (Phi) is 9.02. The van der Waals surface area contributed by atoms with E-state index < -0.39 is 5.82 Å². The van der Waals surface area contributed by atoms with Gasteiger partial charge in [-0.25, -0.2) is 4.39 Å². The van der Waals surface area contributed by atoms with Crippen molar-refractivity contribution < 1.29 is 23.5 Å². The zero-order valence-electron chi connectivity index (χ0n) is 21.8. The molecule has 0 saturated heterocycles. The lowest BCUT2D eigenvalue weighted by atomic mass is 9.89. The van der Waals surface area contributed by atoms with Gasteiger partial charge in [0.1, 0.15) is 18.2 Å². The molecule has 3 aromatic rings. The second-order valence-corrected chi connectivity index (χ2v) is 9.58. The van der Waals surface area contributed by atoms with E-state index in [1.54, 1.807) is 21.9 Å². The van der Waals surface area contributed by atoms with Crippen molar-refractivity contribution in [3.63, 3.8) is 0 Å². The number of hydrogen-bond donors (Lipinski definition) is 0. The maximum atomic E-state index is 13.6. The molecule has 3 aromatic carbocycles. The second-order valence-electron chi connectivity index (χ2n) is 9.14. The third-order valence-electron chi connectivity index (χ3n) is 6.62. The summed E-state index contributed by atoms with van der Waals surface area (Å²) in [7, 11) is 0. The van der Waals surface area contributed by atoms with Gasteiger partial charge in [0.2, 0.25) is 5.91 Å². The van der Waals surface area contributed by atoms with Crippen LogP contribution < -0.4 is 14.5 Å². The lowest BCUT2D eigenvalue weighted by Gasteiger charge is -2.43. The molecule has 0 spiro atoms. The Morgan fingerprint density at radius 2 is 1.74 bits per heavy atom. The van der Waals surface area contributed by atoms with Crippen LogP contribution in [0.1, 0.15) is 55.6 Å². The third-order valence-corrected chi connectivity index (χ3v) is 6.87. The molecule has 200 valence electrons. The summed E-state index contributed by atoms with van der Waals surface area (Å²) in [5.74, 6) is -0.0602. The average molecular weight is 539 g/mol. The molecule has 1 aliphatic heterocycles. The first-order valence-corrected chi connectivity index (χ1v) is 13.2. The van der Waals surface area contributed by atoms with Crippen LogP contribution in [-0.2, 0) is 9.53 Å². The zero-order chi connectivity index (χ0) is 27.2. The molecule has 2 unspecified atom stereocenters. The minimum atomic E-state index is -0.403. The van der Waals surface area contributed by atoms with Crippen molar-refractivity contribution in [3.05, 3.63) is 88.7 Å². The van der Waals surface area contributed by atoms with E-state index >= 15 is 0 Å². The SMILES string of the molecule is CCOCCOc1ccc2c(c1)C(N(C(=O)CC)c1ccc(Cl)cc1)CC(C)N2C(=O)c1ccc(F)cc1. The highest BCUT2D eigenvalue weighted by Gasteiger charge is 2.39. The molecular weight excluding hydrogens is 507 g/mol. The Morgan fingerprint density at radius 1 is 1.03 bits per heavy atom. The van der Waals surface area contributed by atoms with Crippen LogP contribution in [0.5, 0.6) is 5.75 Å². The second kappa shape index (κ2) is 12.4. The Morgan fingerprint density at radius 3 is 2.39 bits per heavy atom. The predicted molar refractivity (Wildman–Crippen MR) is 148 cm³/mol. The number of nitrogens with zero attached hydrogens (tertiary/aromatic N) is 2. The molecule has 4 rings (SSSR count). The minimum absolute atomic E-state index is 0.0450. The lowest BCUT2D eigenvalue weighted by Crippen LogP contribution is -2.47. The average Bonchev–Trinajstić information content (AvgIpc) is 2.92. The molecule has 0 N–H and O–H groups in total. The fraction of sp³-hybridized carbons (Fsp3) is 0.333. The van der Waals surface area contributed by atoms with Gasteiger partial charge in [0.15, 0.2) is 0 Å². The molecule has 0 bridgehead atoms. The normalized spacial score (nSPS) is 16.6. The Bertz CT molecular complexity index is 1270. The van der Waals surface area contributed by atoms with Crippen LogP contribution in [-0.4, -0.2) is 37.7 Å². The molecule has 0 aliphatic carbocycles. The monoisotopic (exact) mass is 538 g/mol. The van der Waals surface area contributed by atoms with Crippen molar-refractivity contribution in [2.45, 2.75) is 45.7 Å². The number of carbonyl (C=O) groups excluding carboxylic acids is 2. The summed E-state index contributed by atoms with van der Waals surface area (Å²) in [4.78, 5) is 30.5. The summed E-state index contributed by atoms with van der Waals surface area (Å²) < 4.78 is 24.9. The van der Waals surface area contributed by atoms with Gasteiger partial charge in [-0.15, -0.1) is 0 Å². The molecule has 0 fully saturated rings. The van der Waals surface area contributed by atoms with Crippen molar-refractivity contribution in [1.82, 2.24) is 0 Å². The van der Waals surface area contributed by atoms with Gasteiger partial charge >= 0.3 is 0 Å². The van der Waals surface area contributed by atoms with E-state index in [9.17, 15) is 14.0 Å². The van der Waals surface area contributed by atoms with E-state index in [1.807, 2.05) is 51.1 Å². The summed E-state index contributed by atoms with van der Waals surface area (Å²) in [6, 6.07) is 17.7. The first kappa shape index (κ1) is 27.6. The molecule has 0 saturated carbocycles. The molecule has 1 heterocycles. The first-order chi connectivity index (χ1) is 18.3. The molecule has 1 aliphatic rings. The minimum Gasteiger partial charge on any atom is -0.491 e. The quantitative estimate of drug-likeness (QED) is 0.281. The van der Waals surface area contributed by atoms with Crippen molar-refractivity contribution >= 4 is 34.8 Å². The van der Waals surface area contributed by atoms with Crippen molar-refractivity contribution in [3.8, 4) is 5.75 Å². The highest BCUT2D eigenvalue weighted by molar-refractivity contribution is 6.30. The highest BCUT2D eigenvalue weighted by atomic mass is 35.5. The Balaban J connectivity index is 1.79. The highest BCUT2D eigenvalue weighted by Crippen LogP contribution is 2.44. The Labute approximate surface area is 227 Å². The Hall–Kier alpha value is -3.42. The fourth-order valence-electron chi connectivity index (χ4n) is 4.82. The number of anilines is 2. The van der Waals surface area contributed by atoms with E-state index in [2.05, 4.69) is 0 Å². The zero-order valence-corrected chi connectivity index (χ0v) is 22.6. The number of amides is 2. The molecule has 8 heteroatoms. The van der Waals surface area contributed by atoms with Crippen LogP contribution in [0.15, 0.2) is 66.7 Å². The molecule has 0 radical (unpaired) electrons. The number of hydrogen-bond acceptors (Lipinski definition) is 4. The molecule has 6 nitrogen and oxygen atoms in total. The first-order valence-electron chi connectivity index (χ1n) is 12.8. The van der Waals surface area contributed by atoms with Gasteiger partial charge in [-0.1, -0.05) is 18.5 Å². The number of halogens is 2. The number of rotatable bonds is 9. The lowest BCUT2D eigenvalue weighted by molar-refractivity contribution is -0.118. The van der Waals surface area contributed by atoms with Crippen LogP contribution in [0, 0.1) is 5.82 Å². The smallest absolute Gasteiger partial charge is 0.258 e. The molecule has 2 atom stereocenters. The molecular formula is C30H32ClFN2O4.